The lowest BCUT2D eigenvalue weighted by Gasteiger charge is -2.03. The van der Waals surface area contributed by atoms with Gasteiger partial charge in [0.05, 0.1) is 11.9 Å². The first-order chi connectivity index (χ1) is 7.75. The molecule has 16 heavy (non-hydrogen) atoms. The number of hydrogen-bond donors (Lipinski definition) is 1. The molecule has 0 aliphatic rings. The van der Waals surface area contributed by atoms with E-state index in [0.29, 0.717) is 11.3 Å². The predicted octanol–water partition coefficient (Wildman–Crippen LogP) is 2.47. The van der Waals surface area contributed by atoms with Gasteiger partial charge in [-0.15, -0.1) is 0 Å². The zero-order chi connectivity index (χ0) is 11.4. The lowest BCUT2D eigenvalue weighted by molar-refractivity contribution is 0.102. The highest BCUT2D eigenvalue weighted by Gasteiger charge is 2.04. The largest absolute Gasteiger partial charge is 0.321 e. The van der Waals surface area contributed by atoms with Crippen LogP contribution in [-0.4, -0.2) is 10.9 Å². The van der Waals surface area contributed by atoms with E-state index in [-0.39, 0.29) is 5.91 Å². The molecule has 0 saturated carbocycles. The van der Waals surface area contributed by atoms with Crippen molar-refractivity contribution in [1.82, 2.24) is 4.98 Å². The fraction of sp³-hybridized carbons (Fsp3) is 0. The average molecular weight is 216 g/mol. The number of amides is 1. The number of halogens is 1. The van der Waals surface area contributed by atoms with Gasteiger partial charge in [0.15, 0.2) is 0 Å². The highest BCUT2D eigenvalue weighted by Crippen LogP contribution is 2.08. The first-order valence-electron chi connectivity index (χ1n) is 4.73. The van der Waals surface area contributed by atoms with Crippen LogP contribution in [0.25, 0.3) is 0 Å². The van der Waals surface area contributed by atoms with Crippen molar-refractivity contribution in [2.24, 2.45) is 0 Å². The van der Waals surface area contributed by atoms with Gasteiger partial charge < -0.3 is 5.32 Å². The van der Waals surface area contributed by atoms with Crippen LogP contribution in [0.3, 0.4) is 0 Å². The molecule has 2 aromatic rings. The molecule has 1 aromatic heterocycles. The maximum absolute atomic E-state index is 12.5. The Morgan fingerprint density at radius 1 is 1.12 bits per heavy atom. The molecule has 3 nitrogen and oxygen atoms in total. The SMILES string of the molecule is O=C(Nc1ccc(F)nc1)c1ccccc1. The number of pyridine rings is 1. The quantitative estimate of drug-likeness (QED) is 0.783. The first-order valence-corrected chi connectivity index (χ1v) is 4.73. The third-order valence-corrected chi connectivity index (χ3v) is 2.02. The summed E-state index contributed by atoms with van der Waals surface area (Å²) in [6.07, 6.45) is 1.27. The Hall–Kier alpha value is -2.23. The van der Waals surface area contributed by atoms with Crippen molar-refractivity contribution in [3.63, 3.8) is 0 Å². The van der Waals surface area contributed by atoms with Crippen LogP contribution in [-0.2, 0) is 0 Å². The molecule has 4 heteroatoms. The van der Waals surface area contributed by atoms with Gasteiger partial charge in [0.1, 0.15) is 0 Å². The minimum atomic E-state index is -0.572. The molecule has 1 aromatic carbocycles. The third kappa shape index (κ3) is 2.42. The predicted molar refractivity (Wildman–Crippen MR) is 58.6 cm³/mol. The van der Waals surface area contributed by atoms with E-state index in [0.717, 1.165) is 0 Å². The van der Waals surface area contributed by atoms with Crippen LogP contribution in [0.1, 0.15) is 10.4 Å². The topological polar surface area (TPSA) is 42.0 Å². The van der Waals surface area contributed by atoms with Crippen LogP contribution in [0.5, 0.6) is 0 Å². The summed E-state index contributed by atoms with van der Waals surface area (Å²) in [5, 5.41) is 2.62. The number of nitrogens with one attached hydrogen (secondary N) is 1. The lowest BCUT2D eigenvalue weighted by atomic mass is 10.2. The summed E-state index contributed by atoms with van der Waals surface area (Å²) in [4.78, 5) is 15.1. The lowest BCUT2D eigenvalue weighted by Crippen LogP contribution is -2.11. The Kier molecular flexibility index (Phi) is 2.91. The van der Waals surface area contributed by atoms with Crippen molar-refractivity contribution >= 4 is 11.6 Å². The molecule has 0 radical (unpaired) electrons. The number of hydrogen-bond acceptors (Lipinski definition) is 2. The van der Waals surface area contributed by atoms with Gasteiger partial charge in [-0.3, -0.25) is 4.79 Å². The van der Waals surface area contributed by atoms with E-state index in [9.17, 15) is 9.18 Å². The van der Waals surface area contributed by atoms with Crippen molar-refractivity contribution < 1.29 is 9.18 Å². The van der Waals surface area contributed by atoms with Gasteiger partial charge in [-0.1, -0.05) is 18.2 Å². The maximum Gasteiger partial charge on any atom is 0.255 e. The molecular formula is C12H9FN2O. The van der Waals surface area contributed by atoms with Crippen LogP contribution in [0.2, 0.25) is 0 Å². The van der Waals surface area contributed by atoms with E-state index < -0.39 is 5.95 Å². The minimum Gasteiger partial charge on any atom is -0.321 e. The molecule has 1 amide bonds. The van der Waals surface area contributed by atoms with Crippen LogP contribution >= 0.6 is 0 Å². The molecule has 0 bridgehead atoms. The highest BCUT2D eigenvalue weighted by molar-refractivity contribution is 6.04. The highest BCUT2D eigenvalue weighted by atomic mass is 19.1. The fourth-order valence-corrected chi connectivity index (χ4v) is 1.24. The summed E-state index contributed by atoms with van der Waals surface area (Å²) in [6, 6.07) is 11.4. The van der Waals surface area contributed by atoms with E-state index in [1.54, 1.807) is 24.3 Å². The summed E-state index contributed by atoms with van der Waals surface area (Å²) in [7, 11) is 0. The van der Waals surface area contributed by atoms with E-state index >= 15 is 0 Å². The number of rotatable bonds is 2. The third-order valence-electron chi connectivity index (χ3n) is 2.02. The minimum absolute atomic E-state index is 0.242. The van der Waals surface area contributed by atoms with Crippen molar-refractivity contribution in [1.29, 1.82) is 0 Å². The molecule has 2 rings (SSSR count). The Balaban J connectivity index is 2.11. The Morgan fingerprint density at radius 2 is 1.88 bits per heavy atom. The van der Waals surface area contributed by atoms with Gasteiger partial charge >= 0.3 is 0 Å². The van der Waals surface area contributed by atoms with Gasteiger partial charge in [0.2, 0.25) is 5.95 Å². The maximum atomic E-state index is 12.5. The summed E-state index contributed by atoms with van der Waals surface area (Å²) < 4.78 is 12.5. The molecule has 0 fully saturated rings. The molecule has 0 spiro atoms. The number of aromatic nitrogens is 1. The molecule has 1 N–H and O–H groups in total. The van der Waals surface area contributed by atoms with E-state index in [2.05, 4.69) is 10.3 Å². The average Bonchev–Trinajstić information content (AvgIpc) is 2.33. The Bertz CT molecular complexity index is 482. The van der Waals surface area contributed by atoms with Crippen LogP contribution in [0.4, 0.5) is 10.1 Å². The second-order valence-electron chi connectivity index (χ2n) is 3.19. The second kappa shape index (κ2) is 4.53. The summed E-state index contributed by atoms with van der Waals surface area (Å²) in [5.74, 6) is -0.813. The molecule has 1 heterocycles. The normalized spacial score (nSPS) is 9.81. The molecule has 0 saturated heterocycles. The molecular weight excluding hydrogens is 207 g/mol. The van der Waals surface area contributed by atoms with Gasteiger partial charge in [0.25, 0.3) is 5.91 Å². The summed E-state index contributed by atoms with van der Waals surface area (Å²) in [5.41, 5.74) is 1.02. The van der Waals surface area contributed by atoms with Crippen LogP contribution < -0.4 is 5.32 Å². The smallest absolute Gasteiger partial charge is 0.255 e. The van der Waals surface area contributed by atoms with Gasteiger partial charge in [-0.25, -0.2) is 4.98 Å². The van der Waals surface area contributed by atoms with Gasteiger partial charge in [0, 0.05) is 5.56 Å². The first kappa shape index (κ1) is 10.3. The van der Waals surface area contributed by atoms with Crippen molar-refractivity contribution in [2.75, 3.05) is 5.32 Å². The van der Waals surface area contributed by atoms with Crippen molar-refractivity contribution in [2.45, 2.75) is 0 Å². The zero-order valence-corrected chi connectivity index (χ0v) is 8.35. The monoisotopic (exact) mass is 216 g/mol. The molecule has 0 unspecified atom stereocenters. The Morgan fingerprint density at radius 3 is 2.50 bits per heavy atom. The number of nitrogens with zero attached hydrogens (tertiary/aromatic N) is 1. The van der Waals surface area contributed by atoms with Gasteiger partial charge in [-0.05, 0) is 24.3 Å². The van der Waals surface area contributed by atoms with Crippen molar-refractivity contribution in [3.8, 4) is 0 Å². The van der Waals surface area contributed by atoms with E-state index in [1.807, 2.05) is 6.07 Å². The summed E-state index contributed by atoms with van der Waals surface area (Å²) in [6.45, 7) is 0. The molecule has 0 aliphatic heterocycles. The van der Waals surface area contributed by atoms with Crippen molar-refractivity contribution in [3.05, 3.63) is 60.2 Å². The summed E-state index contributed by atoms with van der Waals surface area (Å²) >= 11 is 0. The zero-order valence-electron chi connectivity index (χ0n) is 8.35. The second-order valence-corrected chi connectivity index (χ2v) is 3.19. The van der Waals surface area contributed by atoms with Crippen LogP contribution in [0.15, 0.2) is 48.7 Å². The van der Waals surface area contributed by atoms with Crippen LogP contribution in [0, 0.1) is 5.95 Å². The fourth-order valence-electron chi connectivity index (χ4n) is 1.24. The van der Waals surface area contributed by atoms with Gasteiger partial charge in [-0.2, -0.15) is 4.39 Å². The molecule has 80 valence electrons. The number of anilines is 1. The van der Waals surface area contributed by atoms with E-state index in [4.69, 9.17) is 0 Å². The number of benzene rings is 1. The standard InChI is InChI=1S/C12H9FN2O/c13-11-7-6-10(8-14-11)15-12(16)9-4-2-1-3-5-9/h1-8H,(H,15,16). The molecule has 0 atom stereocenters. The number of carbonyl (C=O) groups is 1. The number of carbonyl (C=O) groups excluding carboxylic acids is 1. The Labute approximate surface area is 92.0 Å². The van der Waals surface area contributed by atoms with E-state index in [1.165, 1.54) is 18.3 Å². The molecule has 0 aliphatic carbocycles.